The molecular formula is C25H26F2O2. The zero-order chi connectivity index (χ0) is 20.8. The minimum Gasteiger partial charge on any atom is -0.427 e. The predicted molar refractivity (Wildman–Crippen MR) is 113 cm³/mol. The Morgan fingerprint density at radius 2 is 1.72 bits per heavy atom. The van der Waals surface area contributed by atoms with Crippen LogP contribution in [-0.2, 0) is 25.7 Å². The molecule has 4 heteroatoms. The van der Waals surface area contributed by atoms with E-state index < -0.39 is 11.4 Å². The molecule has 29 heavy (non-hydrogen) atoms. The normalized spacial score (nSPS) is 11.1. The van der Waals surface area contributed by atoms with Gasteiger partial charge in [0.25, 0.3) is 0 Å². The fourth-order valence-electron chi connectivity index (χ4n) is 3.55. The molecule has 2 nitrogen and oxygen atoms in total. The van der Waals surface area contributed by atoms with E-state index in [4.69, 9.17) is 4.42 Å². The van der Waals surface area contributed by atoms with Gasteiger partial charge in [-0.05, 0) is 72.7 Å². The van der Waals surface area contributed by atoms with Crippen molar-refractivity contribution in [2.75, 3.05) is 0 Å². The maximum Gasteiger partial charge on any atom is 0.346 e. The number of hydrogen-bond donors (Lipinski definition) is 0. The lowest BCUT2D eigenvalue weighted by atomic mass is 9.99. The van der Waals surface area contributed by atoms with Gasteiger partial charge in [-0.2, -0.15) is 0 Å². The molecule has 1 heterocycles. The lowest BCUT2D eigenvalue weighted by molar-refractivity contribution is 0.469. The van der Waals surface area contributed by atoms with Crippen LogP contribution in [-0.4, -0.2) is 0 Å². The zero-order valence-corrected chi connectivity index (χ0v) is 16.8. The Morgan fingerprint density at radius 1 is 1.00 bits per heavy atom. The number of allylic oxidation sites excluding steroid dienone is 1. The largest absolute Gasteiger partial charge is 0.427 e. The maximum atomic E-state index is 14.8. The van der Waals surface area contributed by atoms with Crippen molar-refractivity contribution in [3.63, 3.8) is 0 Å². The number of aryl methyl sites for hydroxylation is 4. The van der Waals surface area contributed by atoms with Gasteiger partial charge in [0, 0.05) is 6.42 Å². The summed E-state index contributed by atoms with van der Waals surface area (Å²) >= 11 is 0. The summed E-state index contributed by atoms with van der Waals surface area (Å²) in [5.74, 6) is -0.142. The molecule has 3 aromatic rings. The monoisotopic (exact) mass is 396 g/mol. The van der Waals surface area contributed by atoms with Crippen LogP contribution in [0.4, 0.5) is 8.78 Å². The van der Waals surface area contributed by atoms with Gasteiger partial charge in [-0.25, -0.2) is 13.6 Å². The van der Waals surface area contributed by atoms with Crippen LogP contribution in [0.3, 0.4) is 0 Å². The van der Waals surface area contributed by atoms with Crippen LogP contribution < -0.4 is 5.63 Å². The van der Waals surface area contributed by atoms with Crippen molar-refractivity contribution in [3.05, 3.63) is 93.6 Å². The summed E-state index contributed by atoms with van der Waals surface area (Å²) in [6.45, 7) is 5.56. The molecule has 0 aliphatic heterocycles. The Labute approximate surface area is 169 Å². The lowest BCUT2D eigenvalue weighted by Gasteiger charge is -2.08. The quantitative estimate of drug-likeness (QED) is 0.313. The van der Waals surface area contributed by atoms with Gasteiger partial charge in [0.15, 0.2) is 0 Å². The SMILES string of the molecule is C=CCCc1ccc(CCCCc2ccc3cc(CC)oc(=O)c3c2F)c(F)c1. The summed E-state index contributed by atoms with van der Waals surface area (Å²) in [6.07, 6.45) is 6.57. The predicted octanol–water partition coefficient (Wildman–Crippen LogP) is 6.32. The number of hydrogen-bond acceptors (Lipinski definition) is 2. The van der Waals surface area contributed by atoms with Crippen molar-refractivity contribution < 1.29 is 13.2 Å². The van der Waals surface area contributed by atoms with Gasteiger partial charge in [-0.15, -0.1) is 6.58 Å². The molecule has 0 aliphatic carbocycles. The number of halogens is 2. The van der Waals surface area contributed by atoms with Gasteiger partial charge >= 0.3 is 5.63 Å². The van der Waals surface area contributed by atoms with Crippen molar-refractivity contribution in [3.8, 4) is 0 Å². The summed E-state index contributed by atoms with van der Waals surface area (Å²) in [4.78, 5) is 12.1. The second-order valence-electron chi connectivity index (χ2n) is 7.32. The van der Waals surface area contributed by atoms with Crippen molar-refractivity contribution in [1.82, 2.24) is 0 Å². The summed E-state index contributed by atoms with van der Waals surface area (Å²) in [5.41, 5.74) is 1.51. The van der Waals surface area contributed by atoms with Crippen LogP contribution in [0, 0.1) is 11.6 Å². The zero-order valence-electron chi connectivity index (χ0n) is 16.8. The second kappa shape index (κ2) is 9.64. The van der Waals surface area contributed by atoms with E-state index in [1.807, 2.05) is 25.1 Å². The van der Waals surface area contributed by atoms with Crippen LogP contribution in [0.15, 0.2) is 58.3 Å². The summed E-state index contributed by atoms with van der Waals surface area (Å²) in [5, 5.41) is 0.582. The van der Waals surface area contributed by atoms with Crippen molar-refractivity contribution in [1.29, 1.82) is 0 Å². The Balaban J connectivity index is 1.63. The fraction of sp³-hybridized carbons (Fsp3) is 0.320. The molecule has 3 rings (SSSR count). The minimum absolute atomic E-state index is 0.0147. The van der Waals surface area contributed by atoms with E-state index in [2.05, 4.69) is 6.58 Å². The molecular weight excluding hydrogens is 370 g/mol. The minimum atomic E-state index is -0.627. The molecule has 0 spiro atoms. The molecule has 152 valence electrons. The average molecular weight is 396 g/mol. The van der Waals surface area contributed by atoms with Crippen molar-refractivity contribution >= 4 is 10.8 Å². The van der Waals surface area contributed by atoms with Gasteiger partial charge in [-0.3, -0.25) is 0 Å². The number of rotatable bonds is 9. The fourth-order valence-corrected chi connectivity index (χ4v) is 3.55. The Bertz CT molecular complexity index is 1070. The first-order valence-electron chi connectivity index (χ1n) is 10.2. The van der Waals surface area contributed by atoms with Crippen LogP contribution in [0.2, 0.25) is 0 Å². The molecule has 0 bridgehead atoms. The molecule has 0 fully saturated rings. The number of benzene rings is 2. The van der Waals surface area contributed by atoms with E-state index in [-0.39, 0.29) is 11.2 Å². The molecule has 0 amide bonds. The van der Waals surface area contributed by atoms with Gasteiger partial charge in [-0.1, -0.05) is 37.3 Å². The second-order valence-corrected chi connectivity index (χ2v) is 7.32. The third-order valence-corrected chi connectivity index (χ3v) is 5.24. The molecule has 0 saturated heterocycles. The van der Waals surface area contributed by atoms with Crippen molar-refractivity contribution in [2.24, 2.45) is 0 Å². The third-order valence-electron chi connectivity index (χ3n) is 5.24. The van der Waals surface area contributed by atoms with Gasteiger partial charge in [0.1, 0.15) is 22.8 Å². The van der Waals surface area contributed by atoms with Gasteiger partial charge < -0.3 is 4.42 Å². The highest BCUT2D eigenvalue weighted by atomic mass is 19.1. The van der Waals surface area contributed by atoms with E-state index in [0.717, 1.165) is 24.8 Å². The first-order chi connectivity index (χ1) is 14.0. The van der Waals surface area contributed by atoms with Crippen LogP contribution in [0.5, 0.6) is 0 Å². The van der Waals surface area contributed by atoms with E-state index in [1.165, 1.54) is 0 Å². The molecule has 2 aromatic carbocycles. The van der Waals surface area contributed by atoms with Crippen LogP contribution >= 0.6 is 0 Å². The lowest BCUT2D eigenvalue weighted by Crippen LogP contribution is -2.06. The molecule has 0 radical (unpaired) electrons. The summed E-state index contributed by atoms with van der Waals surface area (Å²) in [7, 11) is 0. The van der Waals surface area contributed by atoms with Crippen LogP contribution in [0.25, 0.3) is 10.8 Å². The molecule has 1 aromatic heterocycles. The standard InChI is InChI=1S/C25H26F2O2/c1-3-5-8-17-11-12-18(22(26)15-17)9-6-7-10-19-13-14-20-16-21(4-2)29-25(28)23(20)24(19)27/h3,11-16H,1,4-10H2,2H3. The highest BCUT2D eigenvalue weighted by molar-refractivity contribution is 5.82. The summed E-state index contributed by atoms with van der Waals surface area (Å²) in [6, 6.07) is 10.6. The van der Waals surface area contributed by atoms with E-state index in [0.29, 0.717) is 48.0 Å². The first-order valence-corrected chi connectivity index (χ1v) is 10.2. The number of fused-ring (bicyclic) bond motifs is 1. The van der Waals surface area contributed by atoms with E-state index >= 15 is 0 Å². The Hall–Kier alpha value is -2.75. The smallest absolute Gasteiger partial charge is 0.346 e. The summed E-state index contributed by atoms with van der Waals surface area (Å²) < 4.78 is 34.2. The highest BCUT2D eigenvalue weighted by Crippen LogP contribution is 2.22. The highest BCUT2D eigenvalue weighted by Gasteiger charge is 2.13. The van der Waals surface area contributed by atoms with Crippen molar-refractivity contribution in [2.45, 2.75) is 51.9 Å². The average Bonchev–Trinajstić information content (AvgIpc) is 2.71. The molecule has 0 aliphatic rings. The molecule has 0 saturated carbocycles. The Morgan fingerprint density at radius 3 is 2.41 bits per heavy atom. The topological polar surface area (TPSA) is 30.2 Å². The maximum absolute atomic E-state index is 14.8. The van der Waals surface area contributed by atoms with Crippen LogP contribution in [0.1, 0.15) is 48.6 Å². The third kappa shape index (κ3) is 5.00. The first kappa shape index (κ1) is 21.0. The Kier molecular flexibility index (Phi) is 6.97. The van der Waals surface area contributed by atoms with E-state index in [9.17, 15) is 13.6 Å². The molecule has 0 N–H and O–H groups in total. The molecule has 0 unspecified atom stereocenters. The van der Waals surface area contributed by atoms with E-state index in [1.54, 1.807) is 24.3 Å². The van der Waals surface area contributed by atoms with Gasteiger partial charge in [0.2, 0.25) is 0 Å². The van der Waals surface area contributed by atoms with Gasteiger partial charge in [0.05, 0.1) is 0 Å². The molecule has 0 atom stereocenters. The number of unbranched alkanes of at least 4 members (excludes halogenated alkanes) is 1.